The van der Waals surface area contributed by atoms with Crippen molar-refractivity contribution in [2.45, 2.75) is 64.0 Å². The summed E-state index contributed by atoms with van der Waals surface area (Å²) in [5, 5.41) is 9.63. The third-order valence-electron chi connectivity index (χ3n) is 5.61. The van der Waals surface area contributed by atoms with Crippen molar-refractivity contribution in [1.29, 1.82) is 0 Å². The van der Waals surface area contributed by atoms with Gasteiger partial charge in [-0.3, -0.25) is 9.79 Å². The van der Waals surface area contributed by atoms with Crippen LogP contribution in [0.5, 0.6) is 0 Å². The van der Waals surface area contributed by atoms with E-state index in [1.54, 1.807) is 7.05 Å². The number of piperidine rings is 1. The SMILES string of the molecule is CN=C(NCC1CC(=O)Nc2ccccc21)NCC1CCCCN1C(=O)OC(C)(C)C.I. The fourth-order valence-electron chi connectivity index (χ4n) is 4.11. The van der Waals surface area contributed by atoms with Crippen LogP contribution in [-0.4, -0.2) is 61.2 Å². The summed E-state index contributed by atoms with van der Waals surface area (Å²) < 4.78 is 5.59. The lowest BCUT2D eigenvalue weighted by Gasteiger charge is -2.37. The summed E-state index contributed by atoms with van der Waals surface area (Å²) in [6.07, 6.45) is 3.19. The molecule has 8 nitrogen and oxygen atoms in total. The normalized spacial score (nSPS) is 21.1. The summed E-state index contributed by atoms with van der Waals surface area (Å²) in [6, 6.07) is 7.96. The molecule has 9 heteroatoms. The number of likely N-dealkylation sites (tertiary alicyclic amines) is 1. The quantitative estimate of drug-likeness (QED) is 0.298. The number of anilines is 1. The van der Waals surface area contributed by atoms with Crippen LogP contribution in [0.4, 0.5) is 10.5 Å². The van der Waals surface area contributed by atoms with E-state index in [0.29, 0.717) is 32.0 Å². The van der Waals surface area contributed by atoms with E-state index in [4.69, 9.17) is 4.74 Å². The molecule has 0 radical (unpaired) electrons. The average Bonchev–Trinajstić information content (AvgIpc) is 2.72. The molecular formula is C23H36IN5O3. The van der Waals surface area contributed by atoms with Gasteiger partial charge < -0.3 is 25.6 Å². The Morgan fingerprint density at radius 3 is 2.66 bits per heavy atom. The maximum Gasteiger partial charge on any atom is 0.410 e. The highest BCUT2D eigenvalue weighted by Gasteiger charge is 2.30. The lowest BCUT2D eigenvalue weighted by Crippen LogP contribution is -2.52. The number of fused-ring (bicyclic) bond motifs is 1. The van der Waals surface area contributed by atoms with Gasteiger partial charge in [-0.25, -0.2) is 4.79 Å². The van der Waals surface area contributed by atoms with Crippen LogP contribution in [0.3, 0.4) is 0 Å². The zero-order valence-corrected chi connectivity index (χ0v) is 21.8. The van der Waals surface area contributed by atoms with Crippen LogP contribution in [-0.2, 0) is 9.53 Å². The van der Waals surface area contributed by atoms with Gasteiger partial charge in [0.1, 0.15) is 5.60 Å². The molecule has 2 amide bonds. The number of carbonyl (C=O) groups is 2. The lowest BCUT2D eigenvalue weighted by molar-refractivity contribution is -0.116. The molecule has 178 valence electrons. The molecule has 1 aromatic rings. The standard InChI is InChI=1S/C23H35N5O3.HI/c1-23(2,3)31-22(30)28-12-8-7-9-17(28)15-26-21(24-4)25-14-16-13-20(29)27-19-11-6-5-10-18(16)19;/h5-6,10-11,16-17H,7-9,12-15H2,1-4H3,(H,27,29)(H2,24,25,26);1H. The molecule has 0 spiro atoms. The number of para-hydroxylation sites is 1. The number of guanidine groups is 1. The van der Waals surface area contributed by atoms with E-state index in [2.05, 4.69) is 27.0 Å². The van der Waals surface area contributed by atoms with Crippen molar-refractivity contribution < 1.29 is 14.3 Å². The summed E-state index contributed by atoms with van der Waals surface area (Å²) in [5.41, 5.74) is 1.50. The lowest BCUT2D eigenvalue weighted by atomic mass is 9.90. The monoisotopic (exact) mass is 557 g/mol. The third kappa shape index (κ3) is 7.25. The summed E-state index contributed by atoms with van der Waals surface area (Å²) in [7, 11) is 1.73. The van der Waals surface area contributed by atoms with E-state index in [1.165, 1.54) is 0 Å². The Labute approximate surface area is 208 Å². The van der Waals surface area contributed by atoms with Crippen LogP contribution >= 0.6 is 24.0 Å². The minimum Gasteiger partial charge on any atom is -0.444 e. The number of ether oxygens (including phenoxy) is 1. The van der Waals surface area contributed by atoms with Crippen LogP contribution in [0, 0.1) is 0 Å². The molecule has 2 aliphatic heterocycles. The molecule has 2 unspecified atom stereocenters. The second kappa shape index (κ2) is 11.7. The van der Waals surface area contributed by atoms with Gasteiger partial charge in [0.2, 0.25) is 5.91 Å². The molecule has 0 aliphatic carbocycles. The molecular weight excluding hydrogens is 521 g/mol. The highest BCUT2D eigenvalue weighted by molar-refractivity contribution is 14.0. The molecule has 2 heterocycles. The molecule has 2 aliphatic rings. The minimum absolute atomic E-state index is 0. The van der Waals surface area contributed by atoms with Gasteiger partial charge in [-0.1, -0.05) is 18.2 Å². The Bertz CT molecular complexity index is 824. The summed E-state index contributed by atoms with van der Waals surface area (Å²) in [4.78, 5) is 30.8. The van der Waals surface area contributed by atoms with Gasteiger partial charge in [0.15, 0.2) is 5.96 Å². The number of aliphatic imine (C=N–C) groups is 1. The fourth-order valence-corrected chi connectivity index (χ4v) is 4.11. The molecule has 1 fully saturated rings. The highest BCUT2D eigenvalue weighted by Crippen LogP contribution is 2.31. The summed E-state index contributed by atoms with van der Waals surface area (Å²) in [5.74, 6) is 0.776. The second-order valence-corrected chi connectivity index (χ2v) is 9.19. The first-order valence-electron chi connectivity index (χ1n) is 11.1. The number of nitrogens with one attached hydrogen (secondary N) is 3. The zero-order valence-electron chi connectivity index (χ0n) is 19.4. The largest absolute Gasteiger partial charge is 0.444 e. The molecule has 1 aromatic carbocycles. The predicted molar refractivity (Wildman–Crippen MR) is 138 cm³/mol. The number of rotatable bonds is 4. The Hall–Kier alpha value is -2.04. The van der Waals surface area contributed by atoms with Crippen molar-refractivity contribution in [2.24, 2.45) is 4.99 Å². The molecule has 0 saturated carbocycles. The van der Waals surface area contributed by atoms with E-state index < -0.39 is 5.60 Å². The number of carbonyl (C=O) groups excluding carboxylic acids is 2. The molecule has 3 N–H and O–H groups in total. The van der Waals surface area contributed by atoms with E-state index in [0.717, 1.165) is 30.5 Å². The maximum atomic E-state index is 12.6. The van der Waals surface area contributed by atoms with Crippen molar-refractivity contribution in [3.8, 4) is 0 Å². The van der Waals surface area contributed by atoms with Crippen LogP contribution < -0.4 is 16.0 Å². The number of hydrogen-bond acceptors (Lipinski definition) is 4. The van der Waals surface area contributed by atoms with Gasteiger partial charge in [0, 0.05) is 44.7 Å². The zero-order chi connectivity index (χ0) is 22.4. The molecule has 32 heavy (non-hydrogen) atoms. The summed E-state index contributed by atoms with van der Waals surface area (Å²) in [6.45, 7) is 7.57. The molecule has 0 bridgehead atoms. The van der Waals surface area contributed by atoms with E-state index in [1.807, 2.05) is 43.9 Å². The Morgan fingerprint density at radius 2 is 1.94 bits per heavy atom. The molecule has 0 aromatic heterocycles. The maximum absolute atomic E-state index is 12.6. The van der Waals surface area contributed by atoms with Crippen molar-refractivity contribution in [3.05, 3.63) is 29.8 Å². The molecule has 2 atom stereocenters. The van der Waals surface area contributed by atoms with Crippen LogP contribution in [0.25, 0.3) is 0 Å². The Kier molecular flexibility index (Phi) is 9.60. The Morgan fingerprint density at radius 1 is 1.22 bits per heavy atom. The van der Waals surface area contributed by atoms with Gasteiger partial charge in [-0.2, -0.15) is 0 Å². The predicted octanol–water partition coefficient (Wildman–Crippen LogP) is 3.69. The van der Waals surface area contributed by atoms with Crippen LogP contribution in [0.1, 0.15) is 57.9 Å². The third-order valence-corrected chi connectivity index (χ3v) is 5.61. The van der Waals surface area contributed by atoms with Gasteiger partial charge >= 0.3 is 6.09 Å². The van der Waals surface area contributed by atoms with E-state index in [-0.39, 0.29) is 47.9 Å². The number of halogens is 1. The van der Waals surface area contributed by atoms with E-state index in [9.17, 15) is 9.59 Å². The molecule has 3 rings (SSSR count). The van der Waals surface area contributed by atoms with Crippen molar-refractivity contribution >= 4 is 47.6 Å². The smallest absolute Gasteiger partial charge is 0.410 e. The van der Waals surface area contributed by atoms with Crippen LogP contribution in [0.15, 0.2) is 29.3 Å². The topological polar surface area (TPSA) is 95.1 Å². The first-order valence-corrected chi connectivity index (χ1v) is 11.1. The molecule has 1 saturated heterocycles. The number of amides is 2. The minimum atomic E-state index is -0.507. The summed E-state index contributed by atoms with van der Waals surface area (Å²) >= 11 is 0. The van der Waals surface area contributed by atoms with Crippen molar-refractivity contribution in [3.63, 3.8) is 0 Å². The number of hydrogen-bond donors (Lipinski definition) is 3. The number of nitrogens with zero attached hydrogens (tertiary/aromatic N) is 2. The fraction of sp³-hybridized carbons (Fsp3) is 0.609. The second-order valence-electron chi connectivity index (χ2n) is 9.19. The number of benzene rings is 1. The average molecular weight is 557 g/mol. The van der Waals surface area contributed by atoms with Crippen LogP contribution in [0.2, 0.25) is 0 Å². The Balaban J connectivity index is 0.00000363. The van der Waals surface area contributed by atoms with Crippen molar-refractivity contribution in [1.82, 2.24) is 15.5 Å². The van der Waals surface area contributed by atoms with Crippen molar-refractivity contribution in [2.75, 3.05) is 32.0 Å². The highest BCUT2D eigenvalue weighted by atomic mass is 127. The van der Waals surface area contributed by atoms with Gasteiger partial charge in [-0.05, 0) is 51.7 Å². The van der Waals surface area contributed by atoms with Gasteiger partial charge in [0.25, 0.3) is 0 Å². The first kappa shape index (κ1) is 26.2. The van der Waals surface area contributed by atoms with Gasteiger partial charge in [0.05, 0.1) is 6.04 Å². The van der Waals surface area contributed by atoms with Gasteiger partial charge in [-0.15, -0.1) is 24.0 Å². The first-order chi connectivity index (χ1) is 14.8. The van der Waals surface area contributed by atoms with E-state index >= 15 is 0 Å².